The average Bonchev–Trinajstić information content (AvgIpc) is 3.26. The largest absolute Gasteiger partial charge is 0.339 e. The second-order valence-electron chi connectivity index (χ2n) is 8.21. The van der Waals surface area contributed by atoms with Crippen molar-refractivity contribution in [3.8, 4) is 0 Å². The van der Waals surface area contributed by atoms with E-state index in [1.165, 1.54) is 28.1 Å². The molecule has 0 atom stereocenters. The lowest BCUT2D eigenvalue weighted by atomic mass is 9.92. The summed E-state index contributed by atoms with van der Waals surface area (Å²) < 4.78 is 29.4. The quantitative estimate of drug-likeness (QED) is 0.600. The summed E-state index contributed by atoms with van der Waals surface area (Å²) in [5, 5.41) is 12.2. The monoisotopic (exact) mass is 464 g/mol. The molecule has 1 aliphatic carbocycles. The fourth-order valence-electron chi connectivity index (χ4n) is 4.02. The first-order valence-corrected chi connectivity index (χ1v) is 13.1. The molecule has 1 amide bonds. The predicted molar refractivity (Wildman–Crippen MR) is 117 cm³/mol. The lowest BCUT2D eigenvalue weighted by Crippen LogP contribution is -2.51. The number of aromatic nitrogens is 4. The highest BCUT2D eigenvalue weighted by atomic mass is 32.2. The molecule has 2 aromatic rings. The number of tetrazole rings is 1. The minimum Gasteiger partial charge on any atom is -0.339 e. The maximum absolute atomic E-state index is 13.1. The number of carbonyl (C=O) groups is 1. The highest BCUT2D eigenvalue weighted by molar-refractivity contribution is 7.99. The molecule has 2 heterocycles. The van der Waals surface area contributed by atoms with Gasteiger partial charge in [0.1, 0.15) is 0 Å². The van der Waals surface area contributed by atoms with Gasteiger partial charge in [0.25, 0.3) is 0 Å². The molecule has 168 valence electrons. The number of sulfonamides is 1. The molecular formula is C20H28N6O3S2. The second-order valence-corrected chi connectivity index (χ2v) is 11.1. The minimum atomic E-state index is -3.55. The summed E-state index contributed by atoms with van der Waals surface area (Å²) in [5.74, 6) is 0.194. The smallest absolute Gasteiger partial charge is 0.243 e. The number of hydrogen-bond acceptors (Lipinski definition) is 7. The van der Waals surface area contributed by atoms with Crippen molar-refractivity contribution in [2.24, 2.45) is 0 Å². The zero-order chi connectivity index (χ0) is 22.0. The molecule has 1 saturated heterocycles. The van der Waals surface area contributed by atoms with Crippen molar-refractivity contribution in [2.75, 3.05) is 31.9 Å². The van der Waals surface area contributed by atoms with Gasteiger partial charge in [-0.15, -0.1) is 5.10 Å². The summed E-state index contributed by atoms with van der Waals surface area (Å²) in [5.41, 5.74) is 2.42. The fourth-order valence-corrected chi connectivity index (χ4v) is 6.40. The van der Waals surface area contributed by atoms with Crippen LogP contribution in [0.4, 0.5) is 0 Å². The van der Waals surface area contributed by atoms with Crippen LogP contribution in [0.2, 0.25) is 0 Å². The van der Waals surface area contributed by atoms with Gasteiger partial charge in [-0.05, 0) is 73.2 Å². The lowest BCUT2D eigenvalue weighted by Gasteiger charge is -2.34. The number of thioether (sulfide) groups is 1. The molecule has 0 unspecified atom stereocenters. The first kappa shape index (κ1) is 22.2. The van der Waals surface area contributed by atoms with Crippen molar-refractivity contribution in [1.82, 2.24) is 29.4 Å². The van der Waals surface area contributed by atoms with Crippen LogP contribution < -0.4 is 0 Å². The molecule has 0 spiro atoms. The van der Waals surface area contributed by atoms with Crippen LogP contribution >= 0.6 is 11.8 Å². The number of hydrogen-bond donors (Lipinski definition) is 0. The van der Waals surface area contributed by atoms with Crippen LogP contribution in [-0.4, -0.2) is 75.7 Å². The number of aryl methyl sites for hydroxylation is 2. The normalized spacial score (nSPS) is 17.7. The topological polar surface area (TPSA) is 101 Å². The van der Waals surface area contributed by atoms with Gasteiger partial charge in [-0.2, -0.15) is 4.31 Å². The molecule has 9 nitrogen and oxygen atoms in total. The van der Waals surface area contributed by atoms with Crippen LogP contribution in [0, 0.1) is 0 Å². The van der Waals surface area contributed by atoms with Crippen LogP contribution in [0.25, 0.3) is 0 Å². The molecule has 31 heavy (non-hydrogen) atoms. The SMILES string of the molecule is CC(C)n1nnnc1SCC(=O)N1CCN(S(=O)(=O)c2ccc3c(c2)CCCC3)CC1. The Morgan fingerprint density at radius 3 is 2.52 bits per heavy atom. The van der Waals surface area contributed by atoms with E-state index in [0.29, 0.717) is 36.2 Å². The summed E-state index contributed by atoms with van der Waals surface area (Å²) in [4.78, 5) is 14.7. The predicted octanol–water partition coefficient (Wildman–Crippen LogP) is 1.76. The molecule has 0 bridgehead atoms. The molecule has 4 rings (SSSR count). The summed E-state index contributed by atoms with van der Waals surface area (Å²) in [6, 6.07) is 5.65. The van der Waals surface area contributed by atoms with Gasteiger partial charge in [-0.1, -0.05) is 17.8 Å². The Morgan fingerprint density at radius 1 is 1.10 bits per heavy atom. The van der Waals surface area contributed by atoms with Gasteiger partial charge < -0.3 is 4.90 Å². The number of piperazine rings is 1. The molecule has 1 aromatic carbocycles. The third-order valence-corrected chi connectivity index (χ3v) is 8.64. The number of rotatable bonds is 6. The van der Waals surface area contributed by atoms with Crippen molar-refractivity contribution in [3.63, 3.8) is 0 Å². The van der Waals surface area contributed by atoms with Gasteiger partial charge in [0.05, 0.1) is 16.7 Å². The summed E-state index contributed by atoms with van der Waals surface area (Å²) in [6.07, 6.45) is 4.25. The zero-order valence-corrected chi connectivity index (χ0v) is 19.5. The third-order valence-electron chi connectivity index (χ3n) is 5.83. The molecule has 0 saturated carbocycles. The minimum absolute atomic E-state index is 0.0332. The zero-order valence-electron chi connectivity index (χ0n) is 17.9. The van der Waals surface area contributed by atoms with Crippen molar-refractivity contribution in [2.45, 2.75) is 55.6 Å². The van der Waals surface area contributed by atoms with Gasteiger partial charge in [-0.3, -0.25) is 4.79 Å². The molecule has 0 N–H and O–H groups in total. The van der Waals surface area contributed by atoms with E-state index in [1.54, 1.807) is 15.6 Å². The third kappa shape index (κ3) is 4.78. The molecule has 11 heteroatoms. The summed E-state index contributed by atoms with van der Waals surface area (Å²) in [6.45, 7) is 5.34. The number of benzene rings is 1. The Balaban J connectivity index is 1.34. The molecule has 2 aliphatic rings. The average molecular weight is 465 g/mol. The van der Waals surface area contributed by atoms with Crippen LogP contribution in [0.3, 0.4) is 0 Å². The Labute approximate surface area is 187 Å². The second kappa shape index (κ2) is 9.25. The number of carbonyl (C=O) groups excluding carboxylic acids is 1. The maximum Gasteiger partial charge on any atom is 0.243 e. The van der Waals surface area contributed by atoms with Crippen LogP contribution in [0.5, 0.6) is 0 Å². The lowest BCUT2D eigenvalue weighted by molar-refractivity contribution is -0.129. The van der Waals surface area contributed by atoms with E-state index in [0.717, 1.165) is 24.8 Å². The summed E-state index contributed by atoms with van der Waals surface area (Å²) >= 11 is 1.30. The number of nitrogens with zero attached hydrogens (tertiary/aromatic N) is 6. The Bertz CT molecular complexity index is 1040. The molecule has 1 aromatic heterocycles. The van der Waals surface area contributed by atoms with Crippen LogP contribution in [0.1, 0.15) is 43.9 Å². The van der Waals surface area contributed by atoms with Gasteiger partial charge in [0.15, 0.2) is 0 Å². The maximum atomic E-state index is 13.1. The standard InChI is InChI=1S/C20H28N6O3S2/c1-15(2)26-20(21-22-23-26)30-14-19(27)24-9-11-25(12-10-24)31(28,29)18-8-7-16-5-3-4-6-17(16)13-18/h7-8,13,15H,3-6,9-12,14H2,1-2H3. The van der Waals surface area contributed by atoms with Gasteiger partial charge >= 0.3 is 0 Å². The molecule has 0 radical (unpaired) electrons. The van der Waals surface area contributed by atoms with E-state index in [2.05, 4.69) is 15.5 Å². The van der Waals surface area contributed by atoms with Gasteiger partial charge in [-0.25, -0.2) is 13.1 Å². The van der Waals surface area contributed by atoms with Gasteiger partial charge in [0.2, 0.25) is 21.1 Å². The summed E-state index contributed by atoms with van der Waals surface area (Å²) in [7, 11) is -3.55. The number of fused-ring (bicyclic) bond motifs is 1. The van der Waals surface area contributed by atoms with E-state index in [1.807, 2.05) is 26.0 Å². The van der Waals surface area contributed by atoms with E-state index in [9.17, 15) is 13.2 Å². The van der Waals surface area contributed by atoms with E-state index >= 15 is 0 Å². The molecule has 1 fully saturated rings. The Morgan fingerprint density at radius 2 is 1.81 bits per heavy atom. The first-order valence-electron chi connectivity index (χ1n) is 10.7. The molecular weight excluding hydrogens is 436 g/mol. The van der Waals surface area contributed by atoms with Crippen molar-refractivity contribution >= 4 is 27.7 Å². The molecule has 1 aliphatic heterocycles. The van der Waals surface area contributed by atoms with Crippen molar-refractivity contribution in [1.29, 1.82) is 0 Å². The van der Waals surface area contributed by atoms with E-state index < -0.39 is 10.0 Å². The van der Waals surface area contributed by atoms with Gasteiger partial charge in [0, 0.05) is 26.2 Å². The van der Waals surface area contributed by atoms with Crippen LogP contribution in [-0.2, 0) is 27.7 Å². The highest BCUT2D eigenvalue weighted by Gasteiger charge is 2.31. The Hall–Kier alpha value is -1.98. The van der Waals surface area contributed by atoms with E-state index in [4.69, 9.17) is 0 Å². The first-order chi connectivity index (χ1) is 14.9. The Kier molecular flexibility index (Phi) is 6.63. The highest BCUT2D eigenvalue weighted by Crippen LogP contribution is 2.26. The van der Waals surface area contributed by atoms with Crippen molar-refractivity contribution in [3.05, 3.63) is 29.3 Å². The fraction of sp³-hybridized carbons (Fsp3) is 0.600. The van der Waals surface area contributed by atoms with Crippen LogP contribution in [0.15, 0.2) is 28.3 Å². The van der Waals surface area contributed by atoms with E-state index in [-0.39, 0.29) is 17.7 Å². The van der Waals surface area contributed by atoms with Crippen molar-refractivity contribution < 1.29 is 13.2 Å². The number of amides is 1.